The normalized spacial score (nSPS) is 13.1. The van der Waals surface area contributed by atoms with Crippen molar-refractivity contribution in [3.05, 3.63) is 28.5 Å². The highest BCUT2D eigenvalue weighted by Crippen LogP contribution is 2.36. The maximum absolute atomic E-state index is 5.53. The van der Waals surface area contributed by atoms with Gasteiger partial charge < -0.3 is 15.3 Å². The van der Waals surface area contributed by atoms with Crippen LogP contribution in [0.1, 0.15) is 5.56 Å². The van der Waals surface area contributed by atoms with Gasteiger partial charge in [0.05, 0.1) is 6.21 Å². The lowest BCUT2D eigenvalue weighted by atomic mass is 10.2. The van der Waals surface area contributed by atoms with E-state index in [2.05, 4.69) is 36.7 Å². The number of nitrogens with one attached hydrogen (secondary N) is 1. The van der Waals surface area contributed by atoms with Crippen molar-refractivity contribution in [2.45, 2.75) is 0 Å². The van der Waals surface area contributed by atoms with Crippen LogP contribution >= 0.6 is 15.9 Å². The molecule has 9 heteroatoms. The van der Waals surface area contributed by atoms with E-state index in [0.717, 1.165) is 10.0 Å². The standard InChI is InChI=1S/C10H9BrN6O2/c11-7-2-9-8(18-5-19-9)1-6(7)3-13-15-10-16-14-4-17(10)12/h1-4H,5,12H2,(H,15,16)/b13-3-. The highest BCUT2D eigenvalue weighted by atomic mass is 79.9. The molecule has 0 bridgehead atoms. The predicted octanol–water partition coefficient (Wildman–Crippen LogP) is 0.929. The molecule has 0 atom stereocenters. The van der Waals surface area contributed by atoms with Gasteiger partial charge in [0.2, 0.25) is 6.79 Å². The molecular formula is C10H9BrN6O2. The minimum atomic E-state index is 0.233. The van der Waals surface area contributed by atoms with Crippen molar-refractivity contribution in [1.82, 2.24) is 14.9 Å². The number of nitrogens with zero attached hydrogens (tertiary/aromatic N) is 4. The Hall–Kier alpha value is -2.29. The fraction of sp³-hybridized carbons (Fsp3) is 0.100. The van der Waals surface area contributed by atoms with Crippen molar-refractivity contribution in [1.29, 1.82) is 0 Å². The average Bonchev–Trinajstić information content (AvgIpc) is 2.99. The van der Waals surface area contributed by atoms with Gasteiger partial charge in [-0.2, -0.15) is 5.10 Å². The second kappa shape index (κ2) is 4.76. The van der Waals surface area contributed by atoms with Gasteiger partial charge in [-0.15, -0.1) is 10.2 Å². The maximum Gasteiger partial charge on any atom is 0.263 e. The van der Waals surface area contributed by atoms with Crippen LogP contribution in [-0.4, -0.2) is 27.9 Å². The monoisotopic (exact) mass is 324 g/mol. The van der Waals surface area contributed by atoms with Gasteiger partial charge in [-0.05, 0) is 28.1 Å². The first kappa shape index (κ1) is 11.8. The van der Waals surface area contributed by atoms with Gasteiger partial charge in [-0.1, -0.05) is 0 Å². The molecule has 19 heavy (non-hydrogen) atoms. The highest BCUT2D eigenvalue weighted by Gasteiger charge is 2.15. The van der Waals surface area contributed by atoms with E-state index in [1.807, 2.05) is 12.1 Å². The summed E-state index contributed by atoms with van der Waals surface area (Å²) in [5.41, 5.74) is 3.51. The zero-order valence-electron chi connectivity index (χ0n) is 9.58. The number of hydrogen-bond acceptors (Lipinski definition) is 7. The molecule has 1 aromatic heterocycles. The van der Waals surface area contributed by atoms with Crippen LogP contribution in [0.2, 0.25) is 0 Å². The van der Waals surface area contributed by atoms with Crippen LogP contribution in [0.4, 0.5) is 5.95 Å². The Morgan fingerprint density at radius 2 is 2.21 bits per heavy atom. The van der Waals surface area contributed by atoms with Crippen LogP contribution in [0, 0.1) is 0 Å². The van der Waals surface area contributed by atoms with Gasteiger partial charge in [-0.25, -0.2) is 10.1 Å². The van der Waals surface area contributed by atoms with Gasteiger partial charge >= 0.3 is 0 Å². The van der Waals surface area contributed by atoms with Crippen molar-refractivity contribution in [3.8, 4) is 11.5 Å². The lowest BCUT2D eigenvalue weighted by molar-refractivity contribution is 0.174. The largest absolute Gasteiger partial charge is 0.454 e. The Kier molecular flexibility index (Phi) is 2.95. The van der Waals surface area contributed by atoms with Gasteiger partial charge in [0, 0.05) is 10.0 Å². The molecule has 1 aliphatic heterocycles. The summed E-state index contributed by atoms with van der Waals surface area (Å²) >= 11 is 3.43. The number of fused-ring (bicyclic) bond motifs is 1. The Morgan fingerprint density at radius 1 is 1.42 bits per heavy atom. The number of nitrogen functional groups attached to an aromatic ring is 1. The smallest absolute Gasteiger partial charge is 0.263 e. The number of halogens is 1. The molecule has 3 N–H and O–H groups in total. The van der Waals surface area contributed by atoms with Crippen LogP contribution < -0.4 is 20.7 Å². The van der Waals surface area contributed by atoms with Crippen molar-refractivity contribution in [3.63, 3.8) is 0 Å². The molecule has 0 amide bonds. The highest BCUT2D eigenvalue weighted by molar-refractivity contribution is 9.10. The van der Waals surface area contributed by atoms with E-state index in [4.69, 9.17) is 15.3 Å². The number of rotatable bonds is 3. The van der Waals surface area contributed by atoms with Crippen LogP contribution in [0.3, 0.4) is 0 Å². The fourth-order valence-corrected chi connectivity index (χ4v) is 1.94. The Labute approximate surface area is 116 Å². The van der Waals surface area contributed by atoms with Crippen LogP contribution in [0.15, 0.2) is 28.0 Å². The summed E-state index contributed by atoms with van der Waals surface area (Å²) in [5, 5.41) is 11.4. The van der Waals surface area contributed by atoms with Crippen LogP contribution in [0.5, 0.6) is 11.5 Å². The molecule has 2 aromatic rings. The summed E-state index contributed by atoms with van der Waals surface area (Å²) < 4.78 is 12.6. The number of anilines is 1. The molecule has 0 radical (unpaired) electrons. The summed E-state index contributed by atoms with van der Waals surface area (Å²) in [4.78, 5) is 0. The summed E-state index contributed by atoms with van der Waals surface area (Å²) in [5.74, 6) is 7.27. The second-order valence-electron chi connectivity index (χ2n) is 3.66. The van der Waals surface area contributed by atoms with Crippen LogP contribution in [-0.2, 0) is 0 Å². The fourth-order valence-electron chi connectivity index (χ4n) is 1.51. The van der Waals surface area contributed by atoms with Gasteiger partial charge in [0.1, 0.15) is 6.33 Å². The zero-order valence-corrected chi connectivity index (χ0v) is 11.2. The molecule has 0 fully saturated rings. The van der Waals surface area contributed by atoms with Crippen LogP contribution in [0.25, 0.3) is 0 Å². The topological polar surface area (TPSA) is 99.6 Å². The first-order valence-electron chi connectivity index (χ1n) is 5.27. The number of benzene rings is 1. The molecule has 0 aliphatic carbocycles. The first-order valence-corrected chi connectivity index (χ1v) is 6.06. The van der Waals surface area contributed by atoms with Crippen molar-refractivity contribution < 1.29 is 9.47 Å². The molecule has 1 aromatic carbocycles. The van der Waals surface area contributed by atoms with Crippen molar-refractivity contribution >= 4 is 28.1 Å². The van der Waals surface area contributed by atoms with E-state index < -0.39 is 0 Å². The quantitative estimate of drug-likeness (QED) is 0.495. The molecular weight excluding hydrogens is 316 g/mol. The molecule has 0 saturated carbocycles. The molecule has 0 unspecified atom stereocenters. The predicted molar refractivity (Wildman–Crippen MR) is 71.7 cm³/mol. The molecule has 0 saturated heterocycles. The minimum absolute atomic E-state index is 0.233. The summed E-state index contributed by atoms with van der Waals surface area (Å²) in [6, 6.07) is 3.65. The number of hydrazone groups is 1. The van der Waals surface area contributed by atoms with E-state index in [0.29, 0.717) is 17.4 Å². The first-order chi connectivity index (χ1) is 9.24. The molecule has 3 rings (SSSR count). The minimum Gasteiger partial charge on any atom is -0.454 e. The Bertz CT molecular complexity index is 641. The van der Waals surface area contributed by atoms with E-state index in [1.54, 1.807) is 6.21 Å². The van der Waals surface area contributed by atoms with E-state index >= 15 is 0 Å². The van der Waals surface area contributed by atoms with Crippen molar-refractivity contribution in [2.24, 2.45) is 5.10 Å². The Balaban J connectivity index is 1.78. The maximum atomic E-state index is 5.53. The summed E-state index contributed by atoms with van der Waals surface area (Å²) in [7, 11) is 0. The van der Waals surface area contributed by atoms with Gasteiger partial charge in [-0.3, -0.25) is 0 Å². The third-order valence-electron chi connectivity index (χ3n) is 2.43. The molecule has 98 valence electrons. The SMILES string of the molecule is Nn1cnnc1N/N=C\c1cc2c(cc1Br)OCO2. The molecule has 2 heterocycles. The summed E-state index contributed by atoms with van der Waals surface area (Å²) in [6.07, 6.45) is 2.98. The van der Waals surface area contributed by atoms with Gasteiger partial charge in [0.25, 0.3) is 5.95 Å². The Morgan fingerprint density at radius 3 is 2.95 bits per heavy atom. The third-order valence-corrected chi connectivity index (χ3v) is 3.12. The number of aromatic nitrogens is 3. The number of hydrogen-bond donors (Lipinski definition) is 2. The average molecular weight is 325 g/mol. The molecule has 1 aliphatic rings. The lowest BCUT2D eigenvalue weighted by Crippen LogP contribution is -2.10. The van der Waals surface area contributed by atoms with E-state index in [-0.39, 0.29) is 6.79 Å². The van der Waals surface area contributed by atoms with E-state index in [1.165, 1.54) is 11.0 Å². The number of nitrogens with two attached hydrogens (primary N) is 1. The lowest BCUT2D eigenvalue weighted by Gasteiger charge is -2.02. The molecule has 8 nitrogen and oxygen atoms in total. The molecule has 0 spiro atoms. The van der Waals surface area contributed by atoms with Gasteiger partial charge in [0.15, 0.2) is 11.5 Å². The zero-order chi connectivity index (χ0) is 13.2. The second-order valence-corrected chi connectivity index (χ2v) is 4.51. The van der Waals surface area contributed by atoms with E-state index in [9.17, 15) is 0 Å². The number of ether oxygens (including phenoxy) is 2. The summed E-state index contributed by atoms with van der Waals surface area (Å²) in [6.45, 7) is 0.233. The third kappa shape index (κ3) is 2.32. The van der Waals surface area contributed by atoms with Crippen molar-refractivity contribution in [2.75, 3.05) is 18.1 Å².